The molecule has 0 fully saturated rings. The smallest absolute Gasteiger partial charge is 0.239 e. The number of nitrogen functional groups attached to an aromatic ring is 1. The average Bonchev–Trinajstić information content (AvgIpc) is 2.31. The maximum absolute atomic E-state index is 11.8. The molecule has 1 aromatic carbocycles. The van der Waals surface area contributed by atoms with Gasteiger partial charge in [0.1, 0.15) is 5.75 Å². The van der Waals surface area contributed by atoms with Crippen molar-refractivity contribution < 1.29 is 13.2 Å². The molecular weight excluding hydrogens is 335 g/mol. The minimum atomic E-state index is -3.45. The molecule has 0 heterocycles. The van der Waals surface area contributed by atoms with Crippen molar-refractivity contribution in [2.45, 2.75) is 20.3 Å². The highest BCUT2D eigenvalue weighted by atomic mass is 35.5. The van der Waals surface area contributed by atoms with E-state index in [2.05, 4.69) is 5.32 Å². The first kappa shape index (κ1) is 18.1. The van der Waals surface area contributed by atoms with Crippen LogP contribution in [0.5, 0.6) is 0 Å². The number of nitrogens with one attached hydrogen (secondary N) is 1. The van der Waals surface area contributed by atoms with Crippen LogP contribution in [0.3, 0.4) is 0 Å². The van der Waals surface area contributed by atoms with E-state index in [1.54, 1.807) is 0 Å². The van der Waals surface area contributed by atoms with E-state index in [4.69, 9.17) is 28.9 Å². The molecule has 1 rings (SSSR count). The molecule has 21 heavy (non-hydrogen) atoms. The quantitative estimate of drug-likeness (QED) is 0.770. The van der Waals surface area contributed by atoms with Crippen LogP contribution in [0.1, 0.15) is 20.3 Å². The van der Waals surface area contributed by atoms with Crippen molar-refractivity contribution in [3.63, 3.8) is 0 Å². The SMILES string of the molecule is CC(C)CCS(=O)(=O)CC(=O)Nc1c(Cl)cc(N)cc1Cl. The molecule has 1 aromatic rings. The summed E-state index contributed by atoms with van der Waals surface area (Å²) in [5.74, 6) is -1.05. The van der Waals surface area contributed by atoms with Gasteiger partial charge in [-0.3, -0.25) is 4.79 Å². The lowest BCUT2D eigenvalue weighted by atomic mass is 10.2. The van der Waals surface area contributed by atoms with E-state index in [1.807, 2.05) is 13.8 Å². The van der Waals surface area contributed by atoms with Crippen LogP contribution in [0.4, 0.5) is 11.4 Å². The Morgan fingerprint density at radius 3 is 2.29 bits per heavy atom. The Balaban J connectivity index is 2.75. The van der Waals surface area contributed by atoms with Gasteiger partial charge in [0, 0.05) is 5.69 Å². The van der Waals surface area contributed by atoms with Gasteiger partial charge >= 0.3 is 0 Å². The lowest BCUT2D eigenvalue weighted by Gasteiger charge is -2.11. The highest BCUT2D eigenvalue weighted by Gasteiger charge is 2.19. The molecule has 118 valence electrons. The van der Waals surface area contributed by atoms with Gasteiger partial charge in [0.15, 0.2) is 9.84 Å². The standard InChI is InChI=1S/C13H18Cl2N2O3S/c1-8(2)3-4-21(19,20)7-12(18)17-13-10(14)5-9(16)6-11(13)15/h5-6,8H,3-4,7,16H2,1-2H3,(H,17,18). The van der Waals surface area contributed by atoms with Gasteiger partial charge in [0.2, 0.25) is 5.91 Å². The van der Waals surface area contributed by atoms with Crippen molar-refractivity contribution >= 4 is 50.3 Å². The largest absolute Gasteiger partial charge is 0.399 e. The van der Waals surface area contributed by atoms with Crippen LogP contribution < -0.4 is 11.1 Å². The zero-order chi connectivity index (χ0) is 16.2. The molecule has 0 atom stereocenters. The Morgan fingerprint density at radius 1 is 1.29 bits per heavy atom. The van der Waals surface area contributed by atoms with Gasteiger partial charge < -0.3 is 11.1 Å². The topological polar surface area (TPSA) is 89.3 Å². The molecule has 0 bridgehead atoms. The minimum absolute atomic E-state index is 0.0265. The summed E-state index contributed by atoms with van der Waals surface area (Å²) in [5.41, 5.74) is 6.07. The van der Waals surface area contributed by atoms with Gasteiger partial charge in [-0.15, -0.1) is 0 Å². The van der Waals surface area contributed by atoms with Crippen LogP contribution in [0.25, 0.3) is 0 Å². The summed E-state index contributed by atoms with van der Waals surface area (Å²) in [6, 6.07) is 2.85. The van der Waals surface area contributed by atoms with Gasteiger partial charge in [0.25, 0.3) is 0 Å². The lowest BCUT2D eigenvalue weighted by molar-refractivity contribution is -0.113. The summed E-state index contributed by atoms with van der Waals surface area (Å²) >= 11 is 11.8. The van der Waals surface area contributed by atoms with E-state index < -0.39 is 21.5 Å². The fraction of sp³-hybridized carbons (Fsp3) is 0.462. The Hall–Kier alpha value is -0.980. The molecule has 0 saturated carbocycles. The summed E-state index contributed by atoms with van der Waals surface area (Å²) < 4.78 is 23.6. The number of amides is 1. The number of halogens is 2. The van der Waals surface area contributed by atoms with E-state index in [0.717, 1.165) is 0 Å². The normalized spacial score (nSPS) is 11.7. The fourth-order valence-corrected chi connectivity index (χ4v) is 3.62. The van der Waals surface area contributed by atoms with Crippen molar-refractivity contribution in [3.8, 4) is 0 Å². The van der Waals surface area contributed by atoms with E-state index in [-0.39, 0.29) is 27.4 Å². The van der Waals surface area contributed by atoms with Crippen LogP contribution >= 0.6 is 23.2 Å². The Labute approximate surface area is 134 Å². The molecule has 3 N–H and O–H groups in total. The number of hydrogen-bond acceptors (Lipinski definition) is 4. The number of anilines is 2. The van der Waals surface area contributed by atoms with Gasteiger partial charge in [0.05, 0.1) is 21.5 Å². The molecule has 0 saturated heterocycles. The third-order valence-corrected chi connectivity index (χ3v) is 4.84. The number of benzene rings is 1. The minimum Gasteiger partial charge on any atom is -0.399 e. The van der Waals surface area contributed by atoms with Crippen molar-refractivity contribution in [3.05, 3.63) is 22.2 Å². The molecule has 8 heteroatoms. The molecule has 1 amide bonds. The number of rotatable bonds is 6. The molecular formula is C13H18Cl2N2O3S. The van der Waals surface area contributed by atoms with Crippen molar-refractivity contribution in [2.75, 3.05) is 22.6 Å². The monoisotopic (exact) mass is 352 g/mol. The van der Waals surface area contributed by atoms with E-state index in [0.29, 0.717) is 12.1 Å². The molecule has 0 radical (unpaired) electrons. The number of nitrogens with two attached hydrogens (primary N) is 1. The van der Waals surface area contributed by atoms with Gasteiger partial charge in [-0.2, -0.15) is 0 Å². The van der Waals surface area contributed by atoms with Crippen molar-refractivity contribution in [1.82, 2.24) is 0 Å². The summed E-state index contributed by atoms with van der Waals surface area (Å²) in [6.07, 6.45) is 0.513. The van der Waals surface area contributed by atoms with Gasteiger partial charge in [-0.25, -0.2) is 8.42 Å². The zero-order valence-corrected chi connectivity index (χ0v) is 14.1. The number of hydrogen-bond donors (Lipinski definition) is 2. The van der Waals surface area contributed by atoms with Gasteiger partial charge in [-0.1, -0.05) is 37.0 Å². The summed E-state index contributed by atoms with van der Waals surface area (Å²) in [5, 5.41) is 2.73. The first-order valence-electron chi connectivity index (χ1n) is 6.35. The van der Waals surface area contributed by atoms with Crippen LogP contribution in [-0.4, -0.2) is 25.8 Å². The summed E-state index contributed by atoms with van der Waals surface area (Å²) in [7, 11) is -3.45. The molecule has 0 aliphatic carbocycles. The third kappa shape index (κ3) is 6.11. The second kappa shape index (κ2) is 7.33. The predicted octanol–water partition coefficient (Wildman–Crippen LogP) is 2.98. The fourth-order valence-electron chi connectivity index (χ4n) is 1.57. The Bertz CT molecular complexity index is 607. The predicted molar refractivity (Wildman–Crippen MR) is 87.6 cm³/mol. The Kier molecular flexibility index (Phi) is 6.31. The zero-order valence-electron chi connectivity index (χ0n) is 11.8. The molecule has 0 spiro atoms. The maximum atomic E-state index is 11.8. The van der Waals surface area contributed by atoms with Crippen LogP contribution in [0.15, 0.2) is 12.1 Å². The molecule has 5 nitrogen and oxygen atoms in total. The van der Waals surface area contributed by atoms with Crippen LogP contribution in [0, 0.1) is 5.92 Å². The van der Waals surface area contributed by atoms with Crippen LogP contribution in [-0.2, 0) is 14.6 Å². The highest BCUT2D eigenvalue weighted by Crippen LogP contribution is 2.32. The van der Waals surface area contributed by atoms with Crippen LogP contribution in [0.2, 0.25) is 10.0 Å². The number of sulfone groups is 1. The number of carbonyl (C=O) groups excluding carboxylic acids is 1. The molecule has 0 aromatic heterocycles. The van der Waals surface area contributed by atoms with E-state index in [9.17, 15) is 13.2 Å². The second-order valence-electron chi connectivity index (χ2n) is 5.18. The lowest BCUT2D eigenvalue weighted by Crippen LogP contribution is -2.25. The van der Waals surface area contributed by atoms with Crippen molar-refractivity contribution in [1.29, 1.82) is 0 Å². The van der Waals surface area contributed by atoms with Crippen molar-refractivity contribution in [2.24, 2.45) is 5.92 Å². The molecule has 0 unspecified atom stereocenters. The molecule has 0 aliphatic heterocycles. The second-order valence-corrected chi connectivity index (χ2v) is 8.18. The Morgan fingerprint density at radius 2 is 1.81 bits per heavy atom. The first-order chi connectivity index (χ1) is 9.60. The highest BCUT2D eigenvalue weighted by molar-refractivity contribution is 7.92. The third-order valence-electron chi connectivity index (χ3n) is 2.69. The summed E-state index contributed by atoms with van der Waals surface area (Å²) in [6.45, 7) is 3.84. The average molecular weight is 353 g/mol. The summed E-state index contributed by atoms with van der Waals surface area (Å²) in [4.78, 5) is 11.8. The van der Waals surface area contributed by atoms with E-state index >= 15 is 0 Å². The molecule has 0 aliphatic rings. The number of carbonyl (C=O) groups is 1. The first-order valence-corrected chi connectivity index (χ1v) is 8.93. The van der Waals surface area contributed by atoms with Gasteiger partial charge in [-0.05, 0) is 24.5 Å². The maximum Gasteiger partial charge on any atom is 0.239 e. The van der Waals surface area contributed by atoms with E-state index in [1.165, 1.54) is 12.1 Å².